The third-order valence-corrected chi connectivity index (χ3v) is 4.42. The van der Waals surface area contributed by atoms with Gasteiger partial charge in [-0.15, -0.1) is 0 Å². The fraction of sp³-hybridized carbons (Fsp3) is 0.286. The zero-order valence-corrected chi connectivity index (χ0v) is 16.1. The van der Waals surface area contributed by atoms with Crippen LogP contribution in [0, 0.1) is 0 Å². The normalized spacial score (nSPS) is 10.8. The molecule has 3 rings (SSSR count). The van der Waals surface area contributed by atoms with Gasteiger partial charge in [-0.3, -0.25) is 18.7 Å². The molecule has 0 saturated carbocycles. The van der Waals surface area contributed by atoms with Crippen molar-refractivity contribution >= 4 is 34.2 Å². The number of hydrogen-bond donors (Lipinski definition) is 2. The summed E-state index contributed by atoms with van der Waals surface area (Å²) in [5.74, 6) is -0.323. The van der Waals surface area contributed by atoms with Crippen LogP contribution in [0.1, 0.15) is 26.7 Å². The summed E-state index contributed by atoms with van der Waals surface area (Å²) in [6.45, 7) is 4.43. The molecule has 2 aromatic carbocycles. The molecule has 0 aliphatic heterocycles. The molecule has 146 valence electrons. The summed E-state index contributed by atoms with van der Waals surface area (Å²) in [4.78, 5) is 36.1. The van der Waals surface area contributed by atoms with Gasteiger partial charge in [-0.05, 0) is 42.8 Å². The number of nitrogens with zero attached hydrogens (tertiary/aromatic N) is 2. The molecule has 7 nitrogen and oxygen atoms in total. The standard InChI is InChI=1S/C21H24N4O3/c1-3-13-24-18-6-4-5-7-19(18)25(21(24)28)14-12-20(27)23-17-10-8-16(9-11-17)22-15(2)26/h4-11H,3,12-14H2,1-2H3,(H,22,26)(H,23,27). The van der Waals surface area contributed by atoms with Gasteiger partial charge in [0.1, 0.15) is 0 Å². The van der Waals surface area contributed by atoms with E-state index in [0.717, 1.165) is 17.5 Å². The van der Waals surface area contributed by atoms with Crippen LogP contribution in [0.25, 0.3) is 11.0 Å². The molecule has 2 amide bonds. The summed E-state index contributed by atoms with van der Waals surface area (Å²) in [7, 11) is 0. The summed E-state index contributed by atoms with van der Waals surface area (Å²) in [5.41, 5.74) is 2.95. The Morgan fingerprint density at radius 1 is 0.857 bits per heavy atom. The Morgan fingerprint density at radius 3 is 1.93 bits per heavy atom. The Bertz CT molecular complexity index is 1050. The third-order valence-electron chi connectivity index (χ3n) is 4.42. The van der Waals surface area contributed by atoms with Gasteiger partial charge in [0.25, 0.3) is 0 Å². The first-order valence-electron chi connectivity index (χ1n) is 9.35. The smallest absolute Gasteiger partial charge is 0.326 e. The van der Waals surface area contributed by atoms with Gasteiger partial charge >= 0.3 is 5.69 Å². The highest BCUT2D eigenvalue weighted by molar-refractivity contribution is 5.92. The van der Waals surface area contributed by atoms with Crippen LogP contribution in [0.2, 0.25) is 0 Å². The zero-order chi connectivity index (χ0) is 20.1. The molecule has 0 radical (unpaired) electrons. The predicted molar refractivity (Wildman–Crippen MR) is 110 cm³/mol. The van der Waals surface area contributed by atoms with Crippen LogP contribution in [0.15, 0.2) is 53.3 Å². The van der Waals surface area contributed by atoms with Gasteiger partial charge < -0.3 is 10.6 Å². The van der Waals surface area contributed by atoms with Crippen LogP contribution in [0.4, 0.5) is 11.4 Å². The second-order valence-corrected chi connectivity index (χ2v) is 6.63. The van der Waals surface area contributed by atoms with Gasteiger partial charge in [-0.2, -0.15) is 0 Å². The van der Waals surface area contributed by atoms with E-state index in [0.29, 0.717) is 24.5 Å². The predicted octanol–water partition coefficient (Wildman–Crippen LogP) is 3.20. The summed E-state index contributed by atoms with van der Waals surface area (Å²) < 4.78 is 3.42. The fourth-order valence-corrected chi connectivity index (χ4v) is 3.21. The summed E-state index contributed by atoms with van der Waals surface area (Å²) in [6.07, 6.45) is 1.05. The van der Waals surface area contributed by atoms with Gasteiger partial charge in [0.15, 0.2) is 0 Å². The molecular formula is C21H24N4O3. The molecule has 0 aliphatic rings. The number of nitrogens with one attached hydrogen (secondary N) is 2. The van der Waals surface area contributed by atoms with Crippen molar-refractivity contribution in [1.29, 1.82) is 0 Å². The van der Waals surface area contributed by atoms with Crippen LogP contribution in [0.3, 0.4) is 0 Å². The average molecular weight is 380 g/mol. The molecule has 0 fully saturated rings. The summed E-state index contributed by atoms with van der Waals surface area (Å²) in [6, 6.07) is 14.5. The Hall–Kier alpha value is -3.35. The lowest BCUT2D eigenvalue weighted by Crippen LogP contribution is -2.26. The van der Waals surface area contributed by atoms with Crippen molar-refractivity contribution in [3.8, 4) is 0 Å². The first-order chi connectivity index (χ1) is 13.5. The summed E-state index contributed by atoms with van der Waals surface area (Å²) >= 11 is 0. The lowest BCUT2D eigenvalue weighted by atomic mass is 10.2. The third kappa shape index (κ3) is 4.31. The number of rotatable bonds is 7. The Labute approximate surface area is 163 Å². The molecule has 0 unspecified atom stereocenters. The lowest BCUT2D eigenvalue weighted by Gasteiger charge is -2.07. The topological polar surface area (TPSA) is 85.1 Å². The summed E-state index contributed by atoms with van der Waals surface area (Å²) in [5, 5.41) is 5.49. The molecule has 0 spiro atoms. The number of amides is 2. The number of hydrogen-bond acceptors (Lipinski definition) is 3. The molecule has 0 saturated heterocycles. The van der Waals surface area contributed by atoms with E-state index in [2.05, 4.69) is 10.6 Å². The quantitative estimate of drug-likeness (QED) is 0.660. The Balaban J connectivity index is 1.69. The first kappa shape index (κ1) is 19.4. The molecule has 1 aromatic heterocycles. The molecule has 1 heterocycles. The number of anilines is 2. The Morgan fingerprint density at radius 2 is 1.39 bits per heavy atom. The van der Waals surface area contributed by atoms with E-state index >= 15 is 0 Å². The number of aromatic nitrogens is 2. The number of carbonyl (C=O) groups is 2. The van der Waals surface area contributed by atoms with E-state index in [1.54, 1.807) is 33.4 Å². The van der Waals surface area contributed by atoms with Crippen molar-refractivity contribution in [3.63, 3.8) is 0 Å². The Kier molecular flexibility index (Phi) is 5.93. The molecule has 7 heteroatoms. The number of fused-ring (bicyclic) bond motifs is 1. The van der Waals surface area contributed by atoms with Crippen LogP contribution in [-0.4, -0.2) is 20.9 Å². The van der Waals surface area contributed by atoms with Gasteiger partial charge in [0, 0.05) is 37.8 Å². The highest BCUT2D eigenvalue weighted by Crippen LogP contribution is 2.15. The van der Waals surface area contributed by atoms with Crippen molar-refractivity contribution < 1.29 is 9.59 Å². The van der Waals surface area contributed by atoms with Crippen LogP contribution in [0.5, 0.6) is 0 Å². The first-order valence-corrected chi connectivity index (χ1v) is 9.35. The number of para-hydroxylation sites is 2. The zero-order valence-electron chi connectivity index (χ0n) is 16.1. The van der Waals surface area contributed by atoms with Crippen LogP contribution >= 0.6 is 0 Å². The minimum absolute atomic E-state index is 0.0875. The van der Waals surface area contributed by atoms with Gasteiger partial charge in [-0.25, -0.2) is 4.79 Å². The van der Waals surface area contributed by atoms with E-state index in [1.807, 2.05) is 31.2 Å². The highest BCUT2D eigenvalue weighted by atomic mass is 16.2. The minimum Gasteiger partial charge on any atom is -0.326 e. The highest BCUT2D eigenvalue weighted by Gasteiger charge is 2.13. The average Bonchev–Trinajstić information content (AvgIpc) is 2.93. The van der Waals surface area contributed by atoms with Gasteiger partial charge in [-0.1, -0.05) is 19.1 Å². The maximum atomic E-state index is 12.7. The van der Waals surface area contributed by atoms with Crippen LogP contribution < -0.4 is 16.3 Å². The van der Waals surface area contributed by atoms with E-state index in [4.69, 9.17) is 0 Å². The number of aryl methyl sites for hydroxylation is 2. The number of imidazole rings is 1. The van der Waals surface area contributed by atoms with Crippen molar-refractivity contribution in [2.45, 2.75) is 39.8 Å². The largest absolute Gasteiger partial charge is 0.329 e. The van der Waals surface area contributed by atoms with Crippen molar-refractivity contribution in [2.24, 2.45) is 0 Å². The van der Waals surface area contributed by atoms with Crippen molar-refractivity contribution in [3.05, 3.63) is 59.0 Å². The molecule has 0 atom stereocenters. The number of benzene rings is 2. The molecule has 3 aromatic rings. The maximum absolute atomic E-state index is 12.7. The van der Waals surface area contributed by atoms with E-state index in [1.165, 1.54) is 6.92 Å². The molecule has 28 heavy (non-hydrogen) atoms. The van der Waals surface area contributed by atoms with Crippen molar-refractivity contribution in [2.75, 3.05) is 10.6 Å². The van der Waals surface area contributed by atoms with E-state index in [9.17, 15) is 14.4 Å². The van der Waals surface area contributed by atoms with Crippen LogP contribution in [-0.2, 0) is 22.7 Å². The second-order valence-electron chi connectivity index (χ2n) is 6.63. The second kappa shape index (κ2) is 8.56. The van der Waals surface area contributed by atoms with Gasteiger partial charge in [0.2, 0.25) is 11.8 Å². The monoisotopic (exact) mass is 380 g/mol. The van der Waals surface area contributed by atoms with E-state index < -0.39 is 0 Å². The number of carbonyl (C=O) groups excluding carboxylic acids is 2. The maximum Gasteiger partial charge on any atom is 0.329 e. The van der Waals surface area contributed by atoms with Crippen molar-refractivity contribution in [1.82, 2.24) is 9.13 Å². The molecule has 0 aliphatic carbocycles. The van der Waals surface area contributed by atoms with Gasteiger partial charge in [0.05, 0.1) is 11.0 Å². The SMILES string of the molecule is CCCn1c(=O)n(CCC(=O)Nc2ccc(NC(C)=O)cc2)c2ccccc21. The molecular weight excluding hydrogens is 356 g/mol. The lowest BCUT2D eigenvalue weighted by molar-refractivity contribution is -0.116. The fourth-order valence-electron chi connectivity index (χ4n) is 3.21. The molecule has 2 N–H and O–H groups in total. The van der Waals surface area contributed by atoms with E-state index in [-0.39, 0.29) is 23.9 Å². The minimum atomic E-state index is -0.175. The molecule has 0 bridgehead atoms.